The molecule has 0 spiro atoms. The van der Waals surface area contributed by atoms with Crippen LogP contribution in [0.1, 0.15) is 33.4 Å². The van der Waals surface area contributed by atoms with E-state index in [-0.39, 0.29) is 0 Å². The Bertz CT molecular complexity index is 539. The predicted molar refractivity (Wildman–Crippen MR) is 76.3 cm³/mol. The highest BCUT2D eigenvalue weighted by atomic mass is 16.3. The van der Waals surface area contributed by atoms with E-state index in [2.05, 4.69) is 33.8 Å². The molecule has 0 aliphatic carbocycles. The highest BCUT2D eigenvalue weighted by molar-refractivity contribution is 5.46. The third-order valence-corrected chi connectivity index (χ3v) is 3.84. The second-order valence-corrected chi connectivity index (χ2v) is 5.08. The second-order valence-electron chi connectivity index (χ2n) is 5.08. The normalized spacial score (nSPS) is 10.7. The lowest BCUT2D eigenvalue weighted by atomic mass is 9.90. The minimum absolute atomic E-state index is 0.326. The van der Waals surface area contributed by atoms with Crippen LogP contribution in [0, 0.1) is 27.7 Å². The number of hydrogen-bond donors (Lipinski definition) is 1. The van der Waals surface area contributed by atoms with Crippen LogP contribution in [0.25, 0.3) is 0 Å². The third kappa shape index (κ3) is 2.40. The van der Waals surface area contributed by atoms with Crippen molar-refractivity contribution in [2.45, 2.75) is 34.1 Å². The van der Waals surface area contributed by atoms with E-state index in [1.54, 1.807) is 12.1 Å². The number of benzene rings is 2. The van der Waals surface area contributed by atoms with Crippen molar-refractivity contribution in [1.82, 2.24) is 0 Å². The highest BCUT2D eigenvalue weighted by Crippen LogP contribution is 2.24. The molecule has 2 aromatic carbocycles. The molecule has 2 aromatic rings. The van der Waals surface area contributed by atoms with Gasteiger partial charge in [-0.1, -0.05) is 18.2 Å². The lowest BCUT2D eigenvalue weighted by Crippen LogP contribution is -2.00. The number of aryl methyl sites for hydroxylation is 2. The van der Waals surface area contributed by atoms with Gasteiger partial charge in [0.1, 0.15) is 5.75 Å². The summed E-state index contributed by atoms with van der Waals surface area (Å²) < 4.78 is 0. The number of phenols is 1. The molecule has 0 heterocycles. The summed E-state index contributed by atoms with van der Waals surface area (Å²) in [4.78, 5) is 0. The van der Waals surface area contributed by atoms with Gasteiger partial charge in [0.2, 0.25) is 0 Å². The number of hydrogen-bond acceptors (Lipinski definition) is 1. The Morgan fingerprint density at radius 3 is 1.83 bits per heavy atom. The van der Waals surface area contributed by atoms with Crippen molar-refractivity contribution in [2.75, 3.05) is 0 Å². The van der Waals surface area contributed by atoms with Crippen LogP contribution in [-0.2, 0) is 6.42 Å². The van der Waals surface area contributed by atoms with Gasteiger partial charge >= 0.3 is 0 Å². The molecule has 1 N–H and O–H groups in total. The molecule has 0 radical (unpaired) electrons. The van der Waals surface area contributed by atoms with Gasteiger partial charge in [0.15, 0.2) is 0 Å². The van der Waals surface area contributed by atoms with Crippen LogP contribution in [0.3, 0.4) is 0 Å². The highest BCUT2D eigenvalue weighted by Gasteiger charge is 2.09. The molecule has 94 valence electrons. The molecule has 0 saturated heterocycles. The predicted octanol–water partition coefficient (Wildman–Crippen LogP) is 4.22. The first kappa shape index (κ1) is 12.7. The van der Waals surface area contributed by atoms with Crippen molar-refractivity contribution < 1.29 is 5.11 Å². The number of phenolic OH excluding ortho intramolecular Hbond substituents is 1. The Morgan fingerprint density at radius 2 is 1.33 bits per heavy atom. The van der Waals surface area contributed by atoms with Gasteiger partial charge in [0, 0.05) is 0 Å². The summed E-state index contributed by atoms with van der Waals surface area (Å²) in [5.74, 6) is 0.326. The Hall–Kier alpha value is -1.76. The number of aromatic hydroxyl groups is 1. The molecule has 1 nitrogen and oxygen atoms in total. The first-order chi connectivity index (χ1) is 8.49. The van der Waals surface area contributed by atoms with Gasteiger partial charge in [-0.15, -0.1) is 0 Å². The molecular formula is C17H20O. The van der Waals surface area contributed by atoms with E-state index in [9.17, 15) is 5.11 Å². The van der Waals surface area contributed by atoms with Crippen LogP contribution in [0.4, 0.5) is 0 Å². The Labute approximate surface area is 109 Å². The summed E-state index contributed by atoms with van der Waals surface area (Å²) in [5.41, 5.74) is 8.12. The minimum Gasteiger partial charge on any atom is -0.508 e. The average molecular weight is 240 g/mol. The maximum atomic E-state index is 9.32. The van der Waals surface area contributed by atoms with Gasteiger partial charge in [0.05, 0.1) is 0 Å². The molecule has 0 fully saturated rings. The monoisotopic (exact) mass is 240 g/mol. The SMILES string of the molecule is Cc1cc(C)c(C)c(Cc2ccc(O)cc2)c1C. The molecule has 0 unspecified atom stereocenters. The maximum Gasteiger partial charge on any atom is 0.115 e. The van der Waals surface area contributed by atoms with Crippen LogP contribution in [0.15, 0.2) is 30.3 Å². The van der Waals surface area contributed by atoms with Crippen LogP contribution in [-0.4, -0.2) is 5.11 Å². The first-order valence-electron chi connectivity index (χ1n) is 6.33. The summed E-state index contributed by atoms with van der Waals surface area (Å²) in [5, 5.41) is 9.32. The molecule has 18 heavy (non-hydrogen) atoms. The van der Waals surface area contributed by atoms with Crippen molar-refractivity contribution >= 4 is 0 Å². The topological polar surface area (TPSA) is 20.2 Å². The second kappa shape index (κ2) is 4.85. The van der Waals surface area contributed by atoms with Gasteiger partial charge in [0.25, 0.3) is 0 Å². The Morgan fingerprint density at radius 1 is 0.833 bits per heavy atom. The zero-order valence-corrected chi connectivity index (χ0v) is 11.5. The minimum atomic E-state index is 0.326. The number of rotatable bonds is 2. The van der Waals surface area contributed by atoms with E-state index in [0.717, 1.165) is 6.42 Å². The first-order valence-corrected chi connectivity index (χ1v) is 6.33. The Balaban J connectivity index is 2.42. The Kier molecular flexibility index (Phi) is 3.42. The molecular weight excluding hydrogens is 220 g/mol. The zero-order valence-electron chi connectivity index (χ0n) is 11.5. The fourth-order valence-corrected chi connectivity index (χ4v) is 2.38. The van der Waals surface area contributed by atoms with Crippen LogP contribution in [0.2, 0.25) is 0 Å². The van der Waals surface area contributed by atoms with Gasteiger partial charge in [-0.25, -0.2) is 0 Å². The van der Waals surface area contributed by atoms with Crippen LogP contribution >= 0.6 is 0 Å². The van der Waals surface area contributed by atoms with E-state index in [1.165, 1.54) is 33.4 Å². The molecule has 0 aliphatic rings. The van der Waals surface area contributed by atoms with Crippen LogP contribution < -0.4 is 0 Å². The van der Waals surface area contributed by atoms with E-state index in [4.69, 9.17) is 0 Å². The lowest BCUT2D eigenvalue weighted by Gasteiger charge is -2.15. The molecule has 2 rings (SSSR count). The lowest BCUT2D eigenvalue weighted by molar-refractivity contribution is 0.475. The van der Waals surface area contributed by atoms with Gasteiger partial charge in [-0.05, 0) is 79.6 Å². The largest absolute Gasteiger partial charge is 0.508 e. The maximum absolute atomic E-state index is 9.32. The summed E-state index contributed by atoms with van der Waals surface area (Å²) in [6, 6.07) is 9.74. The van der Waals surface area contributed by atoms with Crippen molar-refractivity contribution in [3.8, 4) is 5.75 Å². The smallest absolute Gasteiger partial charge is 0.115 e. The van der Waals surface area contributed by atoms with Gasteiger partial charge in [-0.2, -0.15) is 0 Å². The van der Waals surface area contributed by atoms with E-state index in [0.29, 0.717) is 5.75 Å². The van der Waals surface area contributed by atoms with E-state index >= 15 is 0 Å². The summed E-state index contributed by atoms with van der Waals surface area (Å²) >= 11 is 0. The summed E-state index contributed by atoms with van der Waals surface area (Å²) in [6.45, 7) is 8.72. The molecule has 1 heteroatoms. The molecule has 0 aliphatic heterocycles. The summed E-state index contributed by atoms with van der Waals surface area (Å²) in [6.07, 6.45) is 0.931. The van der Waals surface area contributed by atoms with Gasteiger partial charge < -0.3 is 5.11 Å². The fourth-order valence-electron chi connectivity index (χ4n) is 2.38. The molecule has 0 saturated carbocycles. The standard InChI is InChI=1S/C17H20O/c1-11-9-12(2)14(4)17(13(11)3)10-15-5-7-16(18)8-6-15/h5-9,18H,10H2,1-4H3. The van der Waals surface area contributed by atoms with Gasteiger partial charge in [-0.3, -0.25) is 0 Å². The average Bonchev–Trinajstić information content (AvgIpc) is 2.34. The van der Waals surface area contributed by atoms with E-state index in [1.807, 2.05) is 12.1 Å². The molecule has 0 atom stereocenters. The third-order valence-electron chi connectivity index (χ3n) is 3.84. The van der Waals surface area contributed by atoms with E-state index < -0.39 is 0 Å². The van der Waals surface area contributed by atoms with Crippen molar-refractivity contribution in [1.29, 1.82) is 0 Å². The molecule has 0 aromatic heterocycles. The molecule has 0 amide bonds. The molecule has 0 bridgehead atoms. The van der Waals surface area contributed by atoms with Crippen LogP contribution in [0.5, 0.6) is 5.75 Å². The van der Waals surface area contributed by atoms with Crippen molar-refractivity contribution in [2.24, 2.45) is 0 Å². The fraction of sp³-hybridized carbons (Fsp3) is 0.294. The quantitative estimate of drug-likeness (QED) is 0.833. The van der Waals surface area contributed by atoms with Crippen molar-refractivity contribution in [3.63, 3.8) is 0 Å². The van der Waals surface area contributed by atoms with Crippen molar-refractivity contribution in [3.05, 3.63) is 63.7 Å². The summed E-state index contributed by atoms with van der Waals surface area (Å²) in [7, 11) is 0. The zero-order chi connectivity index (χ0) is 13.3.